The van der Waals surface area contributed by atoms with Gasteiger partial charge >= 0.3 is 0 Å². The fourth-order valence-corrected chi connectivity index (χ4v) is 1.99. The van der Waals surface area contributed by atoms with E-state index in [1.807, 2.05) is 18.2 Å². The van der Waals surface area contributed by atoms with E-state index in [1.165, 1.54) is 0 Å². The zero-order chi connectivity index (χ0) is 12.3. The van der Waals surface area contributed by atoms with Crippen LogP contribution in [0.5, 0.6) is 0 Å². The van der Waals surface area contributed by atoms with Crippen LogP contribution in [0.15, 0.2) is 48.7 Å². The van der Waals surface area contributed by atoms with Crippen molar-refractivity contribution >= 4 is 15.7 Å². The zero-order valence-electron chi connectivity index (χ0n) is 9.95. The summed E-state index contributed by atoms with van der Waals surface area (Å²) in [5.74, 6) is 0. The summed E-state index contributed by atoms with van der Waals surface area (Å²) in [4.78, 5) is 4.18. The van der Waals surface area contributed by atoms with E-state index in [4.69, 9.17) is 0 Å². The third kappa shape index (κ3) is 3.89. The molecule has 0 aliphatic rings. The molecule has 0 saturated heterocycles. The third-order valence-electron chi connectivity index (χ3n) is 2.11. The van der Waals surface area contributed by atoms with Crippen LogP contribution in [0.3, 0.4) is 0 Å². The van der Waals surface area contributed by atoms with Gasteiger partial charge in [-0.05, 0) is 17.7 Å². The van der Waals surface area contributed by atoms with Crippen LogP contribution < -0.4 is 0 Å². The Morgan fingerprint density at radius 1 is 1.06 bits per heavy atom. The van der Waals surface area contributed by atoms with E-state index in [0.29, 0.717) is 16.9 Å². The molecular weight excluding hydrogens is 302 g/mol. The minimum atomic E-state index is -3.41. The maximum absolute atomic E-state index is 11.2. The van der Waals surface area contributed by atoms with Gasteiger partial charge in [0.15, 0.2) is 0 Å². The van der Waals surface area contributed by atoms with Crippen LogP contribution in [-0.2, 0) is 29.5 Å². The first-order valence-electron chi connectivity index (χ1n) is 5.00. The smallest absolute Gasteiger partial charge is 0.0908 e. The van der Waals surface area contributed by atoms with Gasteiger partial charge < -0.3 is 4.72 Å². The molecular formula is C12H11N2O2SZn-. The van der Waals surface area contributed by atoms with Crippen LogP contribution in [0.25, 0.3) is 16.0 Å². The number of rotatable bonds is 3. The Kier molecular flexibility index (Phi) is 4.99. The van der Waals surface area contributed by atoms with Crippen molar-refractivity contribution < 1.29 is 27.9 Å². The molecule has 1 heterocycles. The summed E-state index contributed by atoms with van der Waals surface area (Å²) in [6.45, 7) is 0. The summed E-state index contributed by atoms with van der Waals surface area (Å²) in [5, 5.41) is 0. The molecule has 0 atom stereocenters. The second-order valence-corrected chi connectivity index (χ2v) is 5.21. The van der Waals surface area contributed by atoms with Gasteiger partial charge in [-0.25, -0.2) is 8.42 Å². The molecule has 0 N–H and O–H groups in total. The number of pyridine rings is 1. The summed E-state index contributed by atoms with van der Waals surface area (Å²) in [5.41, 5.74) is 1.82. The van der Waals surface area contributed by atoms with Gasteiger partial charge in [0.1, 0.15) is 0 Å². The summed E-state index contributed by atoms with van der Waals surface area (Å²) in [7, 11) is -3.41. The van der Waals surface area contributed by atoms with Gasteiger partial charge in [0.05, 0.1) is 15.7 Å². The molecule has 0 aliphatic carbocycles. The van der Waals surface area contributed by atoms with E-state index in [9.17, 15) is 8.42 Å². The number of benzene rings is 1. The molecule has 1 aromatic carbocycles. The van der Waals surface area contributed by atoms with Gasteiger partial charge in [-0.1, -0.05) is 30.3 Å². The fraction of sp³-hybridized carbons (Fsp3) is 0.0833. The van der Waals surface area contributed by atoms with Crippen LogP contribution in [0.4, 0.5) is 5.69 Å². The third-order valence-corrected chi connectivity index (χ3v) is 2.64. The summed E-state index contributed by atoms with van der Waals surface area (Å²) >= 11 is 0. The van der Waals surface area contributed by atoms with Crippen molar-refractivity contribution in [1.29, 1.82) is 0 Å². The predicted molar refractivity (Wildman–Crippen MR) is 67.5 cm³/mol. The second kappa shape index (κ2) is 6.07. The minimum absolute atomic E-state index is 0. The Labute approximate surface area is 119 Å². The molecule has 0 spiro atoms. The van der Waals surface area contributed by atoms with E-state index in [0.717, 1.165) is 6.26 Å². The predicted octanol–water partition coefficient (Wildman–Crippen LogP) is 2.71. The number of hydrogen-bond acceptors (Lipinski definition) is 3. The quantitative estimate of drug-likeness (QED) is 0.819. The average molecular weight is 313 g/mol. The number of hydrogen-bond donors (Lipinski definition) is 0. The normalized spacial score (nSPS) is 10.5. The average Bonchev–Trinajstić information content (AvgIpc) is 2.29. The van der Waals surface area contributed by atoms with Crippen molar-refractivity contribution in [3.8, 4) is 11.3 Å². The number of aromatic nitrogens is 1. The standard InChI is InChI=1S/C12H11N2O2S.Zn/c1-17(15,16)14-12-8-3-2-6-10(12)11-7-4-5-9-13-11;/h2-9H,1H3;/q-1;. The van der Waals surface area contributed by atoms with E-state index < -0.39 is 10.0 Å². The molecule has 0 aliphatic heterocycles. The number of sulfonamides is 1. The second-order valence-electron chi connectivity index (χ2n) is 3.56. The Hall–Kier alpha value is -1.26. The molecule has 2 aromatic rings. The molecule has 90 valence electrons. The largest absolute Gasteiger partial charge is 0.577 e. The monoisotopic (exact) mass is 311 g/mol. The molecule has 1 aromatic heterocycles. The van der Waals surface area contributed by atoms with Crippen molar-refractivity contribution in [2.75, 3.05) is 6.26 Å². The first-order valence-corrected chi connectivity index (χ1v) is 6.84. The van der Waals surface area contributed by atoms with E-state index >= 15 is 0 Å². The summed E-state index contributed by atoms with van der Waals surface area (Å²) < 4.78 is 26.1. The summed E-state index contributed by atoms with van der Waals surface area (Å²) in [6.07, 6.45) is 2.73. The molecule has 4 nitrogen and oxygen atoms in total. The van der Waals surface area contributed by atoms with Crippen molar-refractivity contribution in [2.24, 2.45) is 0 Å². The topological polar surface area (TPSA) is 61.1 Å². The molecule has 0 saturated carbocycles. The van der Waals surface area contributed by atoms with Gasteiger partial charge in [0.25, 0.3) is 0 Å². The molecule has 0 amide bonds. The van der Waals surface area contributed by atoms with Gasteiger partial charge in [-0.3, -0.25) is 4.98 Å². The van der Waals surface area contributed by atoms with Crippen molar-refractivity contribution in [1.82, 2.24) is 4.98 Å². The first-order chi connectivity index (χ1) is 8.06. The minimum Gasteiger partial charge on any atom is -0.577 e. The van der Waals surface area contributed by atoms with Crippen LogP contribution in [-0.4, -0.2) is 19.7 Å². The zero-order valence-corrected chi connectivity index (χ0v) is 13.7. The van der Waals surface area contributed by atoms with Gasteiger partial charge in [-0.15, -0.1) is 5.69 Å². The molecule has 2 rings (SSSR count). The van der Waals surface area contributed by atoms with Crippen molar-refractivity contribution in [3.05, 3.63) is 53.4 Å². The van der Waals surface area contributed by atoms with Crippen molar-refractivity contribution in [3.63, 3.8) is 0 Å². The Bertz CT molecular complexity index is 615. The SMILES string of the molecule is CS(=O)(=O)[N-]c1ccccc1-c1ccccn1.[Zn]. The van der Waals surface area contributed by atoms with Gasteiger partial charge in [0, 0.05) is 31.9 Å². The molecule has 0 fully saturated rings. The Morgan fingerprint density at radius 3 is 2.33 bits per heavy atom. The molecule has 0 bridgehead atoms. The van der Waals surface area contributed by atoms with Crippen LogP contribution in [0.1, 0.15) is 0 Å². The van der Waals surface area contributed by atoms with Crippen LogP contribution in [0.2, 0.25) is 0 Å². The van der Waals surface area contributed by atoms with Gasteiger partial charge in [-0.2, -0.15) is 0 Å². The fourth-order valence-electron chi connectivity index (χ4n) is 1.47. The van der Waals surface area contributed by atoms with E-state index in [-0.39, 0.29) is 19.5 Å². The first kappa shape index (κ1) is 14.8. The van der Waals surface area contributed by atoms with Gasteiger partial charge in [0.2, 0.25) is 0 Å². The van der Waals surface area contributed by atoms with Crippen LogP contribution in [0, 0.1) is 0 Å². The molecule has 0 unspecified atom stereocenters. The van der Waals surface area contributed by atoms with E-state index in [2.05, 4.69) is 9.71 Å². The van der Waals surface area contributed by atoms with Crippen molar-refractivity contribution in [2.45, 2.75) is 0 Å². The molecule has 6 heteroatoms. The molecule has 18 heavy (non-hydrogen) atoms. The van der Waals surface area contributed by atoms with E-state index in [1.54, 1.807) is 30.5 Å². The maximum Gasteiger partial charge on any atom is 0.0908 e. The maximum atomic E-state index is 11.2. The van der Waals surface area contributed by atoms with Crippen LogP contribution >= 0.6 is 0 Å². The number of nitrogens with zero attached hydrogens (tertiary/aromatic N) is 2. The Morgan fingerprint density at radius 2 is 1.72 bits per heavy atom. The molecule has 0 radical (unpaired) electrons. The Balaban J connectivity index is 0.00000162. The summed E-state index contributed by atoms with van der Waals surface area (Å²) in [6, 6.07) is 12.5.